The van der Waals surface area contributed by atoms with Crippen LogP contribution in [0.4, 0.5) is 0 Å². The van der Waals surface area contributed by atoms with Gasteiger partial charge in [-0.05, 0) is 18.4 Å². The molecular weight excluding hydrogens is 362 g/mol. The van der Waals surface area contributed by atoms with Gasteiger partial charge in [-0.3, -0.25) is 14.5 Å². The molecule has 1 aromatic rings. The van der Waals surface area contributed by atoms with Crippen molar-refractivity contribution in [1.82, 2.24) is 15.1 Å². The van der Waals surface area contributed by atoms with Crippen LogP contribution in [-0.2, 0) is 9.59 Å². The van der Waals surface area contributed by atoms with E-state index in [9.17, 15) is 9.59 Å². The number of nitrogens with zero attached hydrogens (tertiary/aromatic N) is 2. The molecule has 1 atom stereocenters. The molecule has 1 heterocycles. The molecule has 154 valence electrons. The maximum atomic E-state index is 13.1. The zero-order valence-electron chi connectivity index (χ0n) is 17.1. The zero-order valence-corrected chi connectivity index (χ0v) is 17.1. The highest BCUT2D eigenvalue weighted by molar-refractivity contribution is 5.89. The minimum Gasteiger partial charge on any atom is -0.353 e. The molecule has 1 aromatic carbocycles. The fourth-order valence-corrected chi connectivity index (χ4v) is 4.29. The predicted molar refractivity (Wildman–Crippen MR) is 116 cm³/mol. The van der Waals surface area contributed by atoms with Crippen LogP contribution in [0.5, 0.6) is 0 Å². The molecule has 2 aliphatic rings. The second-order valence-corrected chi connectivity index (χ2v) is 7.84. The Balaban J connectivity index is 1.64. The molecule has 0 aromatic heterocycles. The normalized spacial score (nSPS) is 20.9. The van der Waals surface area contributed by atoms with Gasteiger partial charge in [0.15, 0.2) is 0 Å². The van der Waals surface area contributed by atoms with E-state index < -0.39 is 6.04 Å². The van der Waals surface area contributed by atoms with Crippen LogP contribution in [0, 0.1) is 12.3 Å². The topological polar surface area (TPSA) is 52.7 Å². The first-order chi connectivity index (χ1) is 14.2. The Morgan fingerprint density at radius 1 is 1.24 bits per heavy atom. The molecule has 0 bridgehead atoms. The van der Waals surface area contributed by atoms with Crippen molar-refractivity contribution in [2.75, 3.05) is 26.2 Å². The third kappa shape index (κ3) is 5.95. The van der Waals surface area contributed by atoms with Crippen LogP contribution in [0.1, 0.15) is 44.1 Å². The van der Waals surface area contributed by atoms with Crippen LogP contribution in [-0.4, -0.2) is 59.9 Å². The quantitative estimate of drug-likeness (QED) is 0.725. The minimum absolute atomic E-state index is 0.00561. The molecule has 0 radical (unpaired) electrons. The van der Waals surface area contributed by atoms with Gasteiger partial charge in [-0.2, -0.15) is 0 Å². The summed E-state index contributed by atoms with van der Waals surface area (Å²) in [5, 5.41) is 2.91. The molecule has 2 amide bonds. The monoisotopic (exact) mass is 393 g/mol. The van der Waals surface area contributed by atoms with Gasteiger partial charge in [0, 0.05) is 25.7 Å². The average molecular weight is 394 g/mol. The summed E-state index contributed by atoms with van der Waals surface area (Å²) >= 11 is 0. The third-order valence-corrected chi connectivity index (χ3v) is 5.86. The summed E-state index contributed by atoms with van der Waals surface area (Å²) in [5.74, 6) is 2.56. The molecule has 1 saturated carbocycles. The number of hydrogen-bond donors (Lipinski definition) is 1. The Kier molecular flexibility index (Phi) is 7.89. The number of carbonyl (C=O) groups excluding carboxylic acids is 2. The number of carbonyl (C=O) groups is 2. The van der Waals surface area contributed by atoms with Crippen LogP contribution < -0.4 is 5.32 Å². The summed E-state index contributed by atoms with van der Waals surface area (Å²) in [6, 6.07) is 9.85. The van der Waals surface area contributed by atoms with Crippen molar-refractivity contribution in [3.05, 3.63) is 42.0 Å². The molecule has 1 N–H and O–H groups in total. The lowest BCUT2D eigenvalue weighted by atomic mass is 9.93. The van der Waals surface area contributed by atoms with Gasteiger partial charge in [0.25, 0.3) is 0 Å². The maximum Gasteiger partial charge on any atom is 0.237 e. The molecule has 5 nitrogen and oxygen atoms in total. The van der Waals surface area contributed by atoms with Crippen LogP contribution >= 0.6 is 0 Å². The van der Waals surface area contributed by atoms with Gasteiger partial charge in [-0.25, -0.2) is 0 Å². The van der Waals surface area contributed by atoms with Crippen molar-refractivity contribution >= 4 is 17.9 Å². The molecule has 3 rings (SSSR count). The van der Waals surface area contributed by atoms with E-state index in [-0.39, 0.29) is 24.3 Å². The Hall–Kier alpha value is -2.58. The van der Waals surface area contributed by atoms with E-state index in [1.165, 1.54) is 6.42 Å². The van der Waals surface area contributed by atoms with Gasteiger partial charge in [-0.15, -0.1) is 6.42 Å². The van der Waals surface area contributed by atoms with Gasteiger partial charge in [0.2, 0.25) is 11.8 Å². The second kappa shape index (κ2) is 10.8. The van der Waals surface area contributed by atoms with Crippen LogP contribution in [0.25, 0.3) is 6.08 Å². The maximum absolute atomic E-state index is 13.1. The number of nitrogens with one attached hydrogen (secondary N) is 1. The van der Waals surface area contributed by atoms with Crippen molar-refractivity contribution in [2.24, 2.45) is 0 Å². The summed E-state index contributed by atoms with van der Waals surface area (Å²) in [5.41, 5.74) is 1.12. The summed E-state index contributed by atoms with van der Waals surface area (Å²) < 4.78 is 0. The Labute approximate surface area is 174 Å². The largest absolute Gasteiger partial charge is 0.353 e. The fourth-order valence-electron chi connectivity index (χ4n) is 4.29. The fraction of sp³-hybridized carbons (Fsp3) is 0.500. The van der Waals surface area contributed by atoms with Gasteiger partial charge in [-0.1, -0.05) is 67.7 Å². The Bertz CT molecular complexity index is 747. The Morgan fingerprint density at radius 2 is 2.00 bits per heavy atom. The molecule has 5 heteroatoms. The second-order valence-electron chi connectivity index (χ2n) is 7.84. The van der Waals surface area contributed by atoms with E-state index in [1.54, 1.807) is 0 Å². The molecule has 29 heavy (non-hydrogen) atoms. The van der Waals surface area contributed by atoms with Crippen LogP contribution in [0.15, 0.2) is 36.4 Å². The molecule has 1 aliphatic carbocycles. The summed E-state index contributed by atoms with van der Waals surface area (Å²) in [7, 11) is 0. The van der Waals surface area contributed by atoms with Gasteiger partial charge < -0.3 is 10.2 Å². The van der Waals surface area contributed by atoms with Gasteiger partial charge in [0.05, 0.1) is 19.0 Å². The highest BCUT2D eigenvalue weighted by Gasteiger charge is 2.34. The van der Waals surface area contributed by atoms with Crippen molar-refractivity contribution in [3.8, 4) is 12.3 Å². The summed E-state index contributed by atoms with van der Waals surface area (Å²) in [6.07, 6.45) is 15.4. The van der Waals surface area contributed by atoms with Crippen molar-refractivity contribution in [1.29, 1.82) is 0 Å². The molecule has 0 spiro atoms. The number of benzene rings is 1. The van der Waals surface area contributed by atoms with Crippen molar-refractivity contribution in [3.63, 3.8) is 0 Å². The van der Waals surface area contributed by atoms with E-state index in [4.69, 9.17) is 6.42 Å². The average Bonchev–Trinajstić information content (AvgIpc) is 2.75. The smallest absolute Gasteiger partial charge is 0.237 e. The molecular formula is C24H31N3O2. The van der Waals surface area contributed by atoms with Crippen LogP contribution in [0.3, 0.4) is 0 Å². The van der Waals surface area contributed by atoms with E-state index in [1.807, 2.05) is 35.2 Å². The first-order valence-electron chi connectivity index (χ1n) is 10.7. The number of piperazine rings is 1. The number of terminal acetylenes is 1. The lowest BCUT2D eigenvalue weighted by Crippen LogP contribution is -2.57. The predicted octanol–water partition coefficient (Wildman–Crippen LogP) is 2.68. The molecule has 1 aliphatic heterocycles. The van der Waals surface area contributed by atoms with Crippen molar-refractivity contribution < 1.29 is 9.59 Å². The Morgan fingerprint density at radius 3 is 2.72 bits per heavy atom. The van der Waals surface area contributed by atoms with E-state index in [2.05, 4.69) is 28.3 Å². The number of rotatable bonds is 7. The summed E-state index contributed by atoms with van der Waals surface area (Å²) in [4.78, 5) is 29.6. The first-order valence-corrected chi connectivity index (χ1v) is 10.7. The standard InChI is InChI=1S/C24H31N3O2/c1-2-16-27(21-13-7-4-8-14-21)23(28)19-22-24(29)25-15-18-26(22)17-9-12-20-10-5-3-6-11-20/h1,3,5-6,9-12,21-22H,4,7-8,13-19H2,(H,25,29). The van der Waals surface area contributed by atoms with E-state index in [0.717, 1.165) is 37.8 Å². The van der Waals surface area contributed by atoms with Crippen molar-refractivity contribution in [2.45, 2.75) is 50.6 Å². The van der Waals surface area contributed by atoms with Gasteiger partial charge >= 0.3 is 0 Å². The zero-order chi connectivity index (χ0) is 20.5. The number of amides is 2. The van der Waals surface area contributed by atoms with E-state index in [0.29, 0.717) is 19.6 Å². The molecule has 2 fully saturated rings. The molecule has 1 saturated heterocycles. The molecule has 1 unspecified atom stereocenters. The highest BCUT2D eigenvalue weighted by Crippen LogP contribution is 2.24. The number of hydrogen-bond acceptors (Lipinski definition) is 3. The van der Waals surface area contributed by atoms with E-state index >= 15 is 0 Å². The SMILES string of the molecule is C#CCN(C(=O)CC1C(=O)NCCN1CC=Cc1ccccc1)C1CCCCC1. The van der Waals surface area contributed by atoms with Crippen LogP contribution in [0.2, 0.25) is 0 Å². The summed E-state index contributed by atoms with van der Waals surface area (Å²) in [6.45, 7) is 2.31. The van der Waals surface area contributed by atoms with Gasteiger partial charge in [0.1, 0.15) is 0 Å². The third-order valence-electron chi connectivity index (χ3n) is 5.86. The lowest BCUT2D eigenvalue weighted by molar-refractivity contribution is -0.140. The minimum atomic E-state index is -0.444. The first kappa shape index (κ1) is 21.1. The highest BCUT2D eigenvalue weighted by atomic mass is 16.2. The lowest BCUT2D eigenvalue weighted by Gasteiger charge is -2.37.